The predicted molar refractivity (Wildman–Crippen MR) is 250 cm³/mol. The number of halogens is 2. The number of hydrogen-bond acceptors (Lipinski definition) is 12. The number of amides is 2. The highest BCUT2D eigenvalue weighted by Gasteiger charge is 2.45. The zero-order valence-corrected chi connectivity index (χ0v) is 39.0. The van der Waals surface area contributed by atoms with Crippen molar-refractivity contribution in [3.05, 3.63) is 83.3 Å². The Morgan fingerprint density at radius 2 is 1.80 bits per heavy atom. The molecule has 3 aromatic heterocycles. The number of H-pyrrole nitrogens is 1. The van der Waals surface area contributed by atoms with Gasteiger partial charge in [-0.2, -0.15) is 0 Å². The average Bonchev–Trinajstić information content (AvgIpc) is 4.01. The molecule has 0 bridgehead atoms. The summed E-state index contributed by atoms with van der Waals surface area (Å²) in [7, 11) is -3.81. The van der Waals surface area contributed by atoms with Crippen LogP contribution in [0.4, 0.5) is 20.2 Å². The lowest BCUT2D eigenvalue weighted by atomic mass is 9.84. The Bertz CT molecular complexity index is 2580. The SMILES string of the molecule is CCCS(=O)(=O)Nc1ccc(F)c(-c2c[nH]c3ncc(N4CCN(CCCC(=O)N[C@H](C(O)N5C[C@H](O)C[C@H]5C(=O)NCc5ccc(-c6scnc6C)cc5)C(C)(C)C)CC4)cc23)c1F. The van der Waals surface area contributed by atoms with Gasteiger partial charge in [0.05, 0.1) is 63.2 Å². The van der Waals surface area contributed by atoms with E-state index in [-0.39, 0.29) is 60.3 Å². The Hall–Kier alpha value is -5.05. The van der Waals surface area contributed by atoms with E-state index in [1.165, 1.54) is 6.20 Å². The average molecular weight is 936 g/mol. The normalized spacial score (nSPS) is 18.5. The summed E-state index contributed by atoms with van der Waals surface area (Å²) in [6, 6.07) is 10.3. The van der Waals surface area contributed by atoms with E-state index in [0.29, 0.717) is 56.6 Å². The van der Waals surface area contributed by atoms with Gasteiger partial charge < -0.3 is 30.7 Å². The number of fused-ring (bicyclic) bond motifs is 1. The highest BCUT2D eigenvalue weighted by Crippen LogP contribution is 2.37. The van der Waals surface area contributed by atoms with Crippen LogP contribution in [0.1, 0.15) is 64.6 Å². The number of anilines is 2. The number of carbonyl (C=O) groups excluding carboxylic acids is 2. The van der Waals surface area contributed by atoms with E-state index in [1.54, 1.807) is 29.4 Å². The van der Waals surface area contributed by atoms with Gasteiger partial charge in [-0.3, -0.25) is 24.1 Å². The van der Waals surface area contributed by atoms with E-state index in [0.717, 1.165) is 39.5 Å². The minimum Gasteiger partial charge on any atom is -0.392 e. The van der Waals surface area contributed by atoms with Gasteiger partial charge in [-0.05, 0) is 67.5 Å². The molecule has 0 radical (unpaired) electrons. The number of nitrogens with zero attached hydrogens (tertiary/aromatic N) is 5. The number of pyridine rings is 1. The summed E-state index contributed by atoms with van der Waals surface area (Å²) >= 11 is 1.57. The van der Waals surface area contributed by atoms with Crippen LogP contribution in [0.2, 0.25) is 0 Å². The number of β-amino-alcohol motifs (C(OH)–C–C–N with tert-alkyl or cyclic N) is 1. The fourth-order valence-corrected chi connectivity index (χ4v) is 10.6. The summed E-state index contributed by atoms with van der Waals surface area (Å²) in [5.41, 5.74) is 4.89. The molecule has 6 N–H and O–H groups in total. The molecule has 2 saturated heterocycles. The lowest BCUT2D eigenvalue weighted by Gasteiger charge is -2.40. The number of aliphatic hydroxyl groups excluding tert-OH is 2. The smallest absolute Gasteiger partial charge is 0.237 e. The number of piperazine rings is 1. The lowest BCUT2D eigenvalue weighted by molar-refractivity contribution is -0.135. The molecule has 2 aromatic carbocycles. The number of aromatic nitrogens is 3. The van der Waals surface area contributed by atoms with Crippen molar-refractivity contribution < 1.29 is 37.0 Å². The van der Waals surface area contributed by atoms with Crippen LogP contribution in [0.3, 0.4) is 0 Å². The minimum absolute atomic E-state index is 0.0863. The Kier molecular flexibility index (Phi) is 14.9. The van der Waals surface area contributed by atoms with Crippen molar-refractivity contribution in [2.75, 3.05) is 54.6 Å². The molecule has 15 nitrogen and oxygen atoms in total. The summed E-state index contributed by atoms with van der Waals surface area (Å²) in [4.78, 5) is 45.9. The molecule has 2 aliphatic rings. The molecule has 2 aliphatic heterocycles. The van der Waals surface area contributed by atoms with Crippen LogP contribution in [-0.4, -0.2) is 125 Å². The Morgan fingerprint density at radius 1 is 1.06 bits per heavy atom. The van der Waals surface area contributed by atoms with E-state index in [2.05, 4.69) is 40.1 Å². The standard InChI is InChI=1S/C46H59F2N9O6S2/c1-6-20-65(62,63)54-36-14-13-35(47)39(40(36)48)34-25-50-43-33(34)21-31(24-49-43)56-18-16-55(17-19-56)15-7-8-38(59)53-42(46(3,4)5)45(61)57-26-32(58)22-37(57)44(60)51-23-29-9-11-30(12-10-29)41-28(2)52-27-64-41/h9-14,21,24-25,27,32,37,42,45,54,58,61H,6-8,15-20,22-23,26H2,1-5H3,(H,49,50)(H,51,60)(H,53,59)/t32-,37+,42-,45?/m1/s1. The van der Waals surface area contributed by atoms with E-state index in [4.69, 9.17) is 0 Å². The second-order valence-electron chi connectivity index (χ2n) is 18.0. The van der Waals surface area contributed by atoms with Crippen molar-refractivity contribution in [1.29, 1.82) is 0 Å². The molecule has 0 aliphatic carbocycles. The van der Waals surface area contributed by atoms with Gasteiger partial charge in [-0.1, -0.05) is 52.0 Å². The third-order valence-corrected chi connectivity index (χ3v) is 14.6. The summed E-state index contributed by atoms with van der Waals surface area (Å²) in [6.45, 7) is 13.1. The zero-order valence-electron chi connectivity index (χ0n) is 37.4. The van der Waals surface area contributed by atoms with Crippen LogP contribution in [-0.2, 0) is 26.2 Å². The minimum atomic E-state index is -3.81. The summed E-state index contributed by atoms with van der Waals surface area (Å²) < 4.78 is 58.0. The first-order valence-electron chi connectivity index (χ1n) is 22.0. The van der Waals surface area contributed by atoms with E-state index in [9.17, 15) is 28.2 Å². The van der Waals surface area contributed by atoms with Crippen LogP contribution in [0.15, 0.2) is 60.4 Å². The molecular formula is C46H59F2N9O6S2. The van der Waals surface area contributed by atoms with Gasteiger partial charge in [0.1, 0.15) is 17.7 Å². The number of rotatable bonds is 17. The van der Waals surface area contributed by atoms with Gasteiger partial charge in [-0.25, -0.2) is 27.2 Å². The number of aromatic amines is 1. The maximum Gasteiger partial charge on any atom is 0.237 e. The Balaban J connectivity index is 0.906. The van der Waals surface area contributed by atoms with Crippen LogP contribution < -0.4 is 20.3 Å². The van der Waals surface area contributed by atoms with Crippen LogP contribution >= 0.6 is 11.3 Å². The molecule has 0 saturated carbocycles. The molecule has 4 atom stereocenters. The van der Waals surface area contributed by atoms with Gasteiger partial charge >= 0.3 is 0 Å². The summed E-state index contributed by atoms with van der Waals surface area (Å²) in [5.74, 6) is -2.58. The number of hydrogen-bond donors (Lipinski definition) is 6. The number of benzene rings is 2. The molecule has 7 rings (SSSR count). The zero-order chi connectivity index (χ0) is 46.6. The quantitative estimate of drug-likeness (QED) is 0.0680. The first kappa shape index (κ1) is 47.9. The van der Waals surface area contributed by atoms with Crippen molar-refractivity contribution in [3.63, 3.8) is 0 Å². The number of sulfonamides is 1. The molecule has 2 amide bonds. The van der Waals surface area contributed by atoms with Gasteiger partial charge in [0.15, 0.2) is 5.82 Å². The topological polar surface area (TPSA) is 196 Å². The fraction of sp³-hybridized carbons (Fsp3) is 0.478. The van der Waals surface area contributed by atoms with Crippen molar-refractivity contribution in [2.24, 2.45) is 5.41 Å². The molecular weight excluding hydrogens is 877 g/mol. The number of aliphatic hydroxyl groups is 2. The molecule has 5 heterocycles. The van der Waals surface area contributed by atoms with Gasteiger partial charge in [0.2, 0.25) is 21.8 Å². The first-order valence-corrected chi connectivity index (χ1v) is 24.6. The number of thiazole rings is 1. The highest BCUT2D eigenvalue weighted by atomic mass is 32.2. The number of likely N-dealkylation sites (tertiary alicyclic amines) is 1. The van der Waals surface area contributed by atoms with Crippen molar-refractivity contribution >= 4 is 55.6 Å². The number of carbonyl (C=O) groups is 2. The third-order valence-electron chi connectivity index (χ3n) is 12.2. The second-order valence-corrected chi connectivity index (χ2v) is 20.7. The third kappa shape index (κ3) is 11.3. The maximum absolute atomic E-state index is 15.7. The maximum atomic E-state index is 15.7. The molecule has 65 heavy (non-hydrogen) atoms. The summed E-state index contributed by atoms with van der Waals surface area (Å²) in [6.07, 6.45) is 2.41. The van der Waals surface area contributed by atoms with Crippen molar-refractivity contribution in [2.45, 2.75) is 91.3 Å². The molecule has 0 spiro atoms. The molecule has 1 unspecified atom stereocenters. The highest BCUT2D eigenvalue weighted by molar-refractivity contribution is 7.92. The fourth-order valence-electron chi connectivity index (χ4n) is 8.65. The second kappa shape index (κ2) is 20.2. The Labute approximate surface area is 382 Å². The first-order chi connectivity index (χ1) is 30.9. The van der Waals surface area contributed by atoms with E-state index < -0.39 is 51.5 Å². The van der Waals surface area contributed by atoms with E-state index >= 15 is 8.78 Å². The summed E-state index contributed by atoms with van der Waals surface area (Å²) in [5, 5.41) is 28.9. The molecule has 350 valence electrons. The largest absolute Gasteiger partial charge is 0.392 e. The number of nitrogens with one attached hydrogen (secondary N) is 4. The van der Waals surface area contributed by atoms with Crippen molar-refractivity contribution in [1.82, 2.24) is 35.4 Å². The van der Waals surface area contributed by atoms with Gasteiger partial charge in [0, 0.05) is 62.8 Å². The van der Waals surface area contributed by atoms with Crippen LogP contribution in [0, 0.1) is 24.0 Å². The molecule has 2 fully saturated rings. The van der Waals surface area contributed by atoms with Crippen LogP contribution in [0.25, 0.3) is 32.6 Å². The Morgan fingerprint density at radius 3 is 2.48 bits per heavy atom. The van der Waals surface area contributed by atoms with Gasteiger partial charge in [0.25, 0.3) is 0 Å². The predicted octanol–water partition coefficient (Wildman–Crippen LogP) is 5.59. The molecule has 19 heteroatoms. The van der Waals surface area contributed by atoms with Crippen molar-refractivity contribution in [3.8, 4) is 21.6 Å². The molecule has 5 aromatic rings. The monoisotopic (exact) mass is 935 g/mol. The lowest BCUT2D eigenvalue weighted by Crippen LogP contribution is -2.60. The van der Waals surface area contributed by atoms with Gasteiger partial charge in [-0.15, -0.1) is 11.3 Å². The van der Waals surface area contributed by atoms with Crippen LogP contribution in [0.5, 0.6) is 0 Å². The number of aryl methyl sites for hydroxylation is 1. The van der Waals surface area contributed by atoms with E-state index in [1.807, 2.05) is 63.5 Å².